The van der Waals surface area contributed by atoms with Crippen molar-refractivity contribution in [2.75, 3.05) is 0 Å². The molecule has 0 radical (unpaired) electrons. The van der Waals surface area contributed by atoms with Gasteiger partial charge in [-0.25, -0.2) is 9.97 Å². The van der Waals surface area contributed by atoms with Crippen LogP contribution in [-0.2, 0) is 0 Å². The van der Waals surface area contributed by atoms with Crippen LogP contribution >= 0.6 is 0 Å². The lowest BCUT2D eigenvalue weighted by Gasteiger charge is -2.12. The van der Waals surface area contributed by atoms with Gasteiger partial charge in [0, 0.05) is 39.5 Å². The predicted molar refractivity (Wildman–Crippen MR) is 197 cm³/mol. The maximum atomic E-state index is 6.44. The smallest absolute Gasteiger partial charge is 0.234 e. The maximum Gasteiger partial charge on any atom is 0.234 e. The minimum atomic E-state index is 0.630. The van der Waals surface area contributed by atoms with Crippen LogP contribution < -0.4 is 0 Å². The van der Waals surface area contributed by atoms with Gasteiger partial charge in [-0.2, -0.15) is 0 Å². The molecular formula is C44H27N3O. The van der Waals surface area contributed by atoms with E-state index in [1.807, 2.05) is 12.4 Å². The Bertz CT molecular complexity index is 2760. The van der Waals surface area contributed by atoms with Crippen LogP contribution in [0.5, 0.6) is 0 Å². The standard InChI is InChI=1S/C44H27N3O/c1-3-11-28(12-4-1)32-19-33(29-13-5-2-6-14-29)21-34(20-32)35-26-45-44(46-27-35)47-40-18-10-9-17-36(40)37-25-43-39(24-41(37)47)38-22-30-15-7-8-16-31(30)23-42(38)48-43/h1-27H. The number of nitrogens with zero attached hydrogens (tertiary/aromatic N) is 3. The van der Waals surface area contributed by atoms with Gasteiger partial charge in [0.2, 0.25) is 5.95 Å². The Hall–Kier alpha value is -6.52. The van der Waals surface area contributed by atoms with E-state index in [0.29, 0.717) is 5.95 Å². The fraction of sp³-hybridized carbons (Fsp3) is 0. The second-order valence-electron chi connectivity index (χ2n) is 12.3. The lowest BCUT2D eigenvalue weighted by molar-refractivity contribution is 0.670. The van der Waals surface area contributed by atoms with Crippen molar-refractivity contribution in [3.63, 3.8) is 0 Å². The molecule has 7 aromatic carbocycles. The van der Waals surface area contributed by atoms with Crippen LogP contribution in [0.25, 0.3) is 93.8 Å². The van der Waals surface area contributed by atoms with Crippen molar-refractivity contribution in [1.82, 2.24) is 14.5 Å². The molecule has 0 amide bonds. The molecule has 0 spiro atoms. The summed E-state index contributed by atoms with van der Waals surface area (Å²) >= 11 is 0. The van der Waals surface area contributed by atoms with Crippen LogP contribution in [0.2, 0.25) is 0 Å². The number of furan rings is 1. The molecule has 3 heterocycles. The number of benzene rings is 7. The fourth-order valence-electron chi connectivity index (χ4n) is 7.11. The van der Waals surface area contributed by atoms with Crippen molar-refractivity contribution >= 4 is 54.5 Å². The zero-order chi connectivity index (χ0) is 31.6. The lowest BCUT2D eigenvalue weighted by atomic mass is 9.94. The SMILES string of the molecule is c1ccc(-c2cc(-c3ccccc3)cc(-c3cnc(-n4c5ccccc5c5cc6oc7cc8ccccc8cc7c6cc54)nc3)c2)cc1. The van der Waals surface area contributed by atoms with Gasteiger partial charge < -0.3 is 4.42 Å². The molecule has 224 valence electrons. The van der Waals surface area contributed by atoms with Gasteiger partial charge in [0.15, 0.2) is 0 Å². The predicted octanol–water partition coefficient (Wildman–Crippen LogP) is 11.6. The number of para-hydroxylation sites is 1. The molecule has 4 heteroatoms. The van der Waals surface area contributed by atoms with Crippen LogP contribution in [0.4, 0.5) is 0 Å². The molecule has 10 rings (SSSR count). The molecule has 10 aromatic rings. The molecule has 3 aromatic heterocycles. The summed E-state index contributed by atoms with van der Waals surface area (Å²) < 4.78 is 8.61. The first kappa shape index (κ1) is 26.7. The van der Waals surface area contributed by atoms with Crippen molar-refractivity contribution in [1.29, 1.82) is 0 Å². The molecule has 0 aliphatic carbocycles. The van der Waals surface area contributed by atoms with Crippen molar-refractivity contribution in [3.8, 4) is 39.3 Å². The molecular weight excluding hydrogens is 587 g/mol. The molecule has 0 bridgehead atoms. The third kappa shape index (κ3) is 4.24. The highest BCUT2D eigenvalue weighted by Crippen LogP contribution is 2.39. The quantitative estimate of drug-likeness (QED) is 0.198. The number of fused-ring (bicyclic) bond motifs is 7. The Morgan fingerprint density at radius 2 is 0.917 bits per heavy atom. The van der Waals surface area contributed by atoms with E-state index in [4.69, 9.17) is 14.4 Å². The molecule has 48 heavy (non-hydrogen) atoms. The summed E-state index contributed by atoms with van der Waals surface area (Å²) in [5.41, 5.74) is 10.6. The van der Waals surface area contributed by atoms with Crippen LogP contribution in [0.1, 0.15) is 0 Å². The summed E-state index contributed by atoms with van der Waals surface area (Å²) in [6, 6.07) is 53.4. The Labute approximate surface area is 276 Å². The van der Waals surface area contributed by atoms with Crippen LogP contribution in [0.15, 0.2) is 168 Å². The van der Waals surface area contributed by atoms with E-state index in [-0.39, 0.29) is 0 Å². The first-order valence-corrected chi connectivity index (χ1v) is 16.1. The number of rotatable bonds is 4. The van der Waals surface area contributed by atoms with Crippen molar-refractivity contribution < 1.29 is 4.42 Å². The zero-order valence-electron chi connectivity index (χ0n) is 25.8. The van der Waals surface area contributed by atoms with Gasteiger partial charge in [-0.3, -0.25) is 4.57 Å². The monoisotopic (exact) mass is 613 g/mol. The topological polar surface area (TPSA) is 43.9 Å². The van der Waals surface area contributed by atoms with E-state index < -0.39 is 0 Å². The minimum Gasteiger partial charge on any atom is -0.456 e. The molecule has 0 saturated heterocycles. The molecule has 0 saturated carbocycles. The highest BCUT2D eigenvalue weighted by Gasteiger charge is 2.18. The molecule has 4 nitrogen and oxygen atoms in total. The van der Waals surface area contributed by atoms with Crippen molar-refractivity contribution in [2.24, 2.45) is 0 Å². The summed E-state index contributed by atoms with van der Waals surface area (Å²) in [4.78, 5) is 10.0. The lowest BCUT2D eigenvalue weighted by Crippen LogP contribution is -2.00. The fourth-order valence-corrected chi connectivity index (χ4v) is 7.11. The Kier molecular flexibility index (Phi) is 5.84. The molecule has 0 fully saturated rings. The first-order chi connectivity index (χ1) is 23.8. The van der Waals surface area contributed by atoms with E-state index >= 15 is 0 Å². The summed E-state index contributed by atoms with van der Waals surface area (Å²) in [6.07, 6.45) is 3.89. The second-order valence-corrected chi connectivity index (χ2v) is 12.3. The van der Waals surface area contributed by atoms with Gasteiger partial charge in [-0.05, 0) is 87.1 Å². The maximum absolute atomic E-state index is 6.44. The van der Waals surface area contributed by atoms with Crippen molar-refractivity contribution in [3.05, 3.63) is 164 Å². The normalized spacial score (nSPS) is 11.8. The molecule has 0 aliphatic rings. The Morgan fingerprint density at radius 3 is 1.60 bits per heavy atom. The van der Waals surface area contributed by atoms with E-state index in [0.717, 1.165) is 66.0 Å². The Balaban J connectivity index is 1.14. The number of hydrogen-bond acceptors (Lipinski definition) is 3. The highest BCUT2D eigenvalue weighted by atomic mass is 16.3. The average molecular weight is 614 g/mol. The number of hydrogen-bond donors (Lipinski definition) is 0. The van der Waals surface area contributed by atoms with Gasteiger partial charge >= 0.3 is 0 Å². The molecule has 0 atom stereocenters. The third-order valence-electron chi connectivity index (χ3n) is 9.45. The largest absolute Gasteiger partial charge is 0.456 e. The highest BCUT2D eigenvalue weighted by molar-refractivity contribution is 6.18. The molecule has 0 aliphatic heterocycles. The van der Waals surface area contributed by atoms with E-state index in [1.54, 1.807) is 0 Å². The van der Waals surface area contributed by atoms with Gasteiger partial charge in [0.25, 0.3) is 0 Å². The third-order valence-corrected chi connectivity index (χ3v) is 9.45. The van der Waals surface area contributed by atoms with Gasteiger partial charge in [-0.15, -0.1) is 0 Å². The summed E-state index contributed by atoms with van der Waals surface area (Å²) in [7, 11) is 0. The van der Waals surface area contributed by atoms with Gasteiger partial charge in [-0.1, -0.05) is 103 Å². The molecule has 0 unspecified atom stereocenters. The van der Waals surface area contributed by atoms with E-state index in [2.05, 4.69) is 156 Å². The minimum absolute atomic E-state index is 0.630. The second kappa shape index (κ2) is 10.5. The summed E-state index contributed by atoms with van der Waals surface area (Å²) in [5, 5.41) is 6.79. The summed E-state index contributed by atoms with van der Waals surface area (Å²) in [6.45, 7) is 0. The first-order valence-electron chi connectivity index (χ1n) is 16.1. The van der Waals surface area contributed by atoms with Crippen LogP contribution in [-0.4, -0.2) is 14.5 Å². The summed E-state index contributed by atoms with van der Waals surface area (Å²) in [5.74, 6) is 0.630. The zero-order valence-corrected chi connectivity index (χ0v) is 25.8. The van der Waals surface area contributed by atoms with Crippen molar-refractivity contribution in [2.45, 2.75) is 0 Å². The van der Waals surface area contributed by atoms with Gasteiger partial charge in [0.05, 0.1) is 11.0 Å². The average Bonchev–Trinajstić information content (AvgIpc) is 3.67. The Morgan fingerprint density at radius 1 is 0.375 bits per heavy atom. The van der Waals surface area contributed by atoms with E-state index in [9.17, 15) is 0 Å². The van der Waals surface area contributed by atoms with E-state index in [1.165, 1.54) is 21.9 Å². The van der Waals surface area contributed by atoms with Crippen LogP contribution in [0, 0.1) is 0 Å². The van der Waals surface area contributed by atoms with Gasteiger partial charge in [0.1, 0.15) is 11.2 Å². The van der Waals surface area contributed by atoms with Crippen LogP contribution in [0.3, 0.4) is 0 Å². The number of aromatic nitrogens is 3. The molecule has 0 N–H and O–H groups in total.